The number of amides is 1. The van der Waals surface area contributed by atoms with Crippen molar-refractivity contribution in [1.82, 2.24) is 15.5 Å². The Morgan fingerprint density at radius 2 is 1.94 bits per heavy atom. The SMILES string of the molecule is CN(C)C(=O)CN=C(NCC1CCCOC1C(C)(C)C)NC1CCOc2ccccc21.I. The Kier molecular flexibility index (Phi) is 10.1. The van der Waals surface area contributed by atoms with Crippen molar-refractivity contribution in [3.05, 3.63) is 29.8 Å². The Labute approximate surface area is 209 Å². The number of rotatable bonds is 5. The van der Waals surface area contributed by atoms with Gasteiger partial charge in [-0.05, 0) is 24.3 Å². The Bertz CT molecular complexity index is 779. The standard InChI is InChI=1S/C24H38N4O3.HI/c1-24(2,3)22-17(9-8-13-31-22)15-25-23(26-16-21(29)28(4)5)27-19-12-14-30-20-11-7-6-10-18(19)20;/h6-7,10-11,17,19,22H,8-9,12-16H2,1-5H3,(H2,25,26,27);1H. The zero-order chi connectivity index (χ0) is 22.4. The van der Waals surface area contributed by atoms with Gasteiger partial charge in [0.05, 0.1) is 18.8 Å². The molecule has 0 spiro atoms. The number of carbonyl (C=O) groups is 1. The number of benzene rings is 1. The topological polar surface area (TPSA) is 75.2 Å². The summed E-state index contributed by atoms with van der Waals surface area (Å²) < 4.78 is 11.9. The average molecular weight is 559 g/mol. The maximum absolute atomic E-state index is 12.2. The quantitative estimate of drug-likeness (QED) is 0.329. The third-order valence-corrected chi connectivity index (χ3v) is 5.97. The van der Waals surface area contributed by atoms with Crippen LogP contribution in [-0.2, 0) is 9.53 Å². The Morgan fingerprint density at radius 1 is 1.19 bits per heavy atom. The normalized spacial score (nSPS) is 23.3. The molecule has 0 aliphatic carbocycles. The summed E-state index contributed by atoms with van der Waals surface area (Å²) in [5.74, 6) is 1.94. The van der Waals surface area contributed by atoms with Gasteiger partial charge in [0, 0.05) is 45.1 Å². The second kappa shape index (κ2) is 12.1. The second-order valence-electron chi connectivity index (χ2n) is 9.77. The first-order valence-corrected chi connectivity index (χ1v) is 11.3. The van der Waals surface area contributed by atoms with Crippen LogP contribution in [0.5, 0.6) is 5.75 Å². The minimum atomic E-state index is -0.0259. The van der Waals surface area contributed by atoms with Crippen LogP contribution < -0.4 is 15.4 Å². The van der Waals surface area contributed by atoms with Crippen LogP contribution >= 0.6 is 24.0 Å². The van der Waals surface area contributed by atoms with Gasteiger partial charge in [-0.25, -0.2) is 4.99 Å². The summed E-state index contributed by atoms with van der Waals surface area (Å²) in [6, 6.07) is 8.18. The molecule has 1 saturated heterocycles. The van der Waals surface area contributed by atoms with Crippen LogP contribution in [0.4, 0.5) is 0 Å². The molecule has 0 bridgehead atoms. The Morgan fingerprint density at radius 3 is 2.66 bits per heavy atom. The summed E-state index contributed by atoms with van der Waals surface area (Å²) >= 11 is 0. The summed E-state index contributed by atoms with van der Waals surface area (Å²) in [4.78, 5) is 18.3. The summed E-state index contributed by atoms with van der Waals surface area (Å²) in [7, 11) is 3.50. The van der Waals surface area contributed by atoms with Gasteiger partial charge in [0.25, 0.3) is 0 Å². The van der Waals surface area contributed by atoms with E-state index in [1.54, 1.807) is 19.0 Å². The fraction of sp³-hybridized carbons (Fsp3) is 0.667. The van der Waals surface area contributed by atoms with E-state index >= 15 is 0 Å². The van der Waals surface area contributed by atoms with E-state index in [0.717, 1.165) is 43.7 Å². The van der Waals surface area contributed by atoms with Gasteiger partial charge in [-0.3, -0.25) is 4.79 Å². The monoisotopic (exact) mass is 558 g/mol. The molecule has 180 valence electrons. The number of fused-ring (bicyclic) bond motifs is 1. The zero-order valence-corrected chi connectivity index (χ0v) is 22.3. The highest BCUT2D eigenvalue weighted by atomic mass is 127. The molecule has 3 unspecified atom stereocenters. The highest BCUT2D eigenvalue weighted by molar-refractivity contribution is 14.0. The van der Waals surface area contributed by atoms with E-state index in [1.165, 1.54) is 0 Å². The molecule has 1 fully saturated rings. The molecule has 8 heteroatoms. The minimum absolute atomic E-state index is 0. The second-order valence-corrected chi connectivity index (χ2v) is 9.77. The summed E-state index contributed by atoms with van der Waals surface area (Å²) in [5.41, 5.74) is 1.20. The molecule has 0 saturated carbocycles. The third kappa shape index (κ3) is 7.23. The van der Waals surface area contributed by atoms with E-state index in [1.807, 2.05) is 18.2 Å². The molecule has 2 N–H and O–H groups in total. The van der Waals surface area contributed by atoms with Crippen LogP contribution in [0.3, 0.4) is 0 Å². The molecular formula is C24H39IN4O3. The predicted molar refractivity (Wildman–Crippen MR) is 139 cm³/mol. The summed E-state index contributed by atoms with van der Waals surface area (Å²) in [5, 5.41) is 7.06. The van der Waals surface area contributed by atoms with E-state index in [-0.39, 0.29) is 54.0 Å². The van der Waals surface area contributed by atoms with Crippen molar-refractivity contribution < 1.29 is 14.3 Å². The first-order chi connectivity index (χ1) is 14.8. The lowest BCUT2D eigenvalue weighted by molar-refractivity contribution is -0.127. The smallest absolute Gasteiger partial charge is 0.243 e. The highest BCUT2D eigenvalue weighted by Crippen LogP contribution is 2.34. The first-order valence-electron chi connectivity index (χ1n) is 11.3. The number of halogens is 1. The minimum Gasteiger partial charge on any atom is -0.493 e. The van der Waals surface area contributed by atoms with Gasteiger partial charge in [-0.2, -0.15) is 0 Å². The molecule has 2 aliphatic rings. The maximum atomic E-state index is 12.2. The van der Waals surface area contributed by atoms with E-state index in [0.29, 0.717) is 18.5 Å². The number of aliphatic imine (C=N–C) groups is 1. The number of carbonyl (C=O) groups excluding carboxylic acids is 1. The van der Waals surface area contributed by atoms with Gasteiger partial charge >= 0.3 is 0 Å². The molecule has 2 aliphatic heterocycles. The molecule has 1 aromatic rings. The van der Waals surface area contributed by atoms with Crippen molar-refractivity contribution in [1.29, 1.82) is 0 Å². The molecule has 0 radical (unpaired) electrons. The van der Waals surface area contributed by atoms with Crippen LogP contribution in [0.2, 0.25) is 0 Å². The first kappa shape index (κ1) is 26.7. The van der Waals surface area contributed by atoms with E-state index in [2.05, 4.69) is 42.5 Å². The number of nitrogens with one attached hydrogen (secondary N) is 2. The summed E-state index contributed by atoms with van der Waals surface area (Å²) in [6.45, 7) is 9.05. The number of nitrogens with zero attached hydrogens (tertiary/aromatic N) is 2. The molecule has 3 atom stereocenters. The Balaban J connectivity index is 0.00000363. The highest BCUT2D eigenvalue weighted by Gasteiger charge is 2.35. The molecule has 2 heterocycles. The van der Waals surface area contributed by atoms with Crippen LogP contribution in [0.25, 0.3) is 0 Å². The van der Waals surface area contributed by atoms with Gasteiger partial charge in [-0.15, -0.1) is 24.0 Å². The lowest BCUT2D eigenvalue weighted by Crippen LogP contribution is -2.48. The molecule has 7 nitrogen and oxygen atoms in total. The van der Waals surface area contributed by atoms with Crippen molar-refractivity contribution in [3.63, 3.8) is 0 Å². The van der Waals surface area contributed by atoms with Crippen molar-refractivity contribution in [2.24, 2.45) is 16.3 Å². The fourth-order valence-electron chi connectivity index (χ4n) is 4.33. The summed E-state index contributed by atoms with van der Waals surface area (Å²) in [6.07, 6.45) is 3.24. The molecule has 3 rings (SSSR count). The average Bonchev–Trinajstić information content (AvgIpc) is 2.75. The van der Waals surface area contributed by atoms with E-state index < -0.39 is 0 Å². The zero-order valence-electron chi connectivity index (χ0n) is 20.0. The lowest BCUT2D eigenvalue weighted by atomic mass is 9.78. The lowest BCUT2D eigenvalue weighted by Gasteiger charge is -2.40. The molecule has 0 aromatic heterocycles. The molecular weight excluding hydrogens is 519 g/mol. The number of ether oxygens (including phenoxy) is 2. The fourth-order valence-corrected chi connectivity index (χ4v) is 4.33. The van der Waals surface area contributed by atoms with Gasteiger partial charge in [0.1, 0.15) is 12.3 Å². The van der Waals surface area contributed by atoms with Gasteiger partial charge in [-0.1, -0.05) is 39.0 Å². The molecule has 1 amide bonds. The van der Waals surface area contributed by atoms with Gasteiger partial charge < -0.3 is 25.0 Å². The maximum Gasteiger partial charge on any atom is 0.243 e. The number of hydrogen-bond donors (Lipinski definition) is 2. The van der Waals surface area contributed by atoms with E-state index in [9.17, 15) is 4.79 Å². The van der Waals surface area contributed by atoms with Gasteiger partial charge in [0.15, 0.2) is 5.96 Å². The van der Waals surface area contributed by atoms with Crippen molar-refractivity contribution in [2.45, 2.75) is 52.2 Å². The van der Waals surface area contributed by atoms with Crippen LogP contribution in [-0.4, -0.2) is 63.3 Å². The van der Waals surface area contributed by atoms with Crippen molar-refractivity contribution in [2.75, 3.05) is 40.4 Å². The Hall–Kier alpha value is -1.55. The van der Waals surface area contributed by atoms with Crippen molar-refractivity contribution in [3.8, 4) is 5.75 Å². The largest absolute Gasteiger partial charge is 0.493 e. The van der Waals surface area contributed by atoms with Crippen LogP contribution in [0.15, 0.2) is 29.3 Å². The third-order valence-electron chi connectivity index (χ3n) is 5.97. The van der Waals surface area contributed by atoms with Crippen LogP contribution in [0.1, 0.15) is 51.6 Å². The predicted octanol–water partition coefficient (Wildman–Crippen LogP) is 3.59. The number of likely N-dealkylation sites (N-methyl/N-ethyl adjacent to an activating group) is 1. The van der Waals surface area contributed by atoms with E-state index in [4.69, 9.17) is 9.47 Å². The number of hydrogen-bond acceptors (Lipinski definition) is 4. The number of guanidine groups is 1. The van der Waals surface area contributed by atoms with Crippen molar-refractivity contribution >= 4 is 35.8 Å². The molecule has 32 heavy (non-hydrogen) atoms. The van der Waals surface area contributed by atoms with Crippen LogP contribution in [0, 0.1) is 11.3 Å². The van der Waals surface area contributed by atoms with Gasteiger partial charge in [0.2, 0.25) is 5.91 Å². The molecule has 1 aromatic carbocycles. The number of para-hydroxylation sites is 1.